The molecule has 0 aliphatic heterocycles. The summed E-state index contributed by atoms with van der Waals surface area (Å²) in [7, 11) is 0. The third-order valence-electron chi connectivity index (χ3n) is 5.64. The predicted octanol–water partition coefficient (Wildman–Crippen LogP) is 3.69. The maximum atomic E-state index is 13.6. The number of H-pyrrole nitrogens is 1. The van der Waals surface area contributed by atoms with Crippen molar-refractivity contribution in [3.8, 4) is 0 Å². The van der Waals surface area contributed by atoms with E-state index >= 15 is 0 Å². The average molecular weight is 440 g/mol. The van der Waals surface area contributed by atoms with E-state index in [-0.39, 0.29) is 18.0 Å². The van der Waals surface area contributed by atoms with Crippen LogP contribution in [0, 0.1) is 0 Å². The van der Waals surface area contributed by atoms with E-state index in [4.69, 9.17) is 0 Å². The summed E-state index contributed by atoms with van der Waals surface area (Å²) in [5, 5.41) is 24.0. The van der Waals surface area contributed by atoms with Gasteiger partial charge in [-0.05, 0) is 31.7 Å². The zero-order chi connectivity index (χ0) is 21.8. The minimum absolute atomic E-state index is 0.117. The van der Waals surface area contributed by atoms with Crippen LogP contribution in [0.1, 0.15) is 54.6 Å². The summed E-state index contributed by atoms with van der Waals surface area (Å²) in [5.41, 5.74) is 2.08. The van der Waals surface area contributed by atoms with Gasteiger partial charge in [0.05, 0.1) is 23.7 Å². The van der Waals surface area contributed by atoms with Gasteiger partial charge in [0, 0.05) is 23.6 Å². The zero-order valence-electron chi connectivity index (χ0n) is 16.2. The number of nitrogens with one attached hydrogen (secondary N) is 2. The Balaban J connectivity index is 1.41. The molecule has 0 amide bonds. The van der Waals surface area contributed by atoms with Crippen LogP contribution in [0.4, 0.5) is 29.2 Å². The topological polar surface area (TPSA) is 100 Å². The van der Waals surface area contributed by atoms with Gasteiger partial charge in [0.15, 0.2) is 11.6 Å². The lowest BCUT2D eigenvalue weighted by atomic mass is 10.0. The normalized spacial score (nSPS) is 24.2. The van der Waals surface area contributed by atoms with Crippen molar-refractivity contribution in [2.24, 2.45) is 0 Å². The summed E-state index contributed by atoms with van der Waals surface area (Å²) in [5.74, 6) is 0.964. The highest BCUT2D eigenvalue weighted by Crippen LogP contribution is 2.40. The lowest BCUT2D eigenvalue weighted by Crippen LogP contribution is -2.13. The van der Waals surface area contributed by atoms with E-state index in [1.165, 1.54) is 10.6 Å². The molecule has 2 fully saturated rings. The number of hydrogen-bond donors (Lipinski definition) is 3. The van der Waals surface area contributed by atoms with Crippen LogP contribution in [0.15, 0.2) is 18.3 Å². The van der Waals surface area contributed by atoms with Crippen molar-refractivity contribution >= 4 is 17.2 Å². The SMILES string of the molecule is O[C@H]1C[C@@H](c2cc(Nc3nc(C4CC4)cn4nc(COC(F)(F)F)cc34)n[nH]2)C[C@H]1F. The summed E-state index contributed by atoms with van der Waals surface area (Å²) in [4.78, 5) is 4.62. The second kappa shape index (κ2) is 7.45. The van der Waals surface area contributed by atoms with E-state index in [1.807, 2.05) is 0 Å². The molecule has 166 valence electrons. The fourth-order valence-corrected chi connectivity index (χ4v) is 3.90. The van der Waals surface area contributed by atoms with Gasteiger partial charge in [-0.25, -0.2) is 13.9 Å². The fourth-order valence-electron chi connectivity index (χ4n) is 3.90. The number of aliphatic hydroxyl groups is 1. The molecular formula is C19H20F4N6O2. The van der Waals surface area contributed by atoms with Crippen LogP contribution in [0.3, 0.4) is 0 Å². The molecule has 0 aromatic carbocycles. The predicted molar refractivity (Wildman–Crippen MR) is 101 cm³/mol. The van der Waals surface area contributed by atoms with Gasteiger partial charge in [-0.1, -0.05) is 0 Å². The summed E-state index contributed by atoms with van der Waals surface area (Å²) >= 11 is 0. The van der Waals surface area contributed by atoms with E-state index in [0.717, 1.165) is 18.5 Å². The van der Waals surface area contributed by atoms with Crippen molar-refractivity contribution in [3.63, 3.8) is 0 Å². The van der Waals surface area contributed by atoms with Crippen LogP contribution in [0.25, 0.3) is 5.52 Å². The number of rotatable bonds is 6. The number of fused-ring (bicyclic) bond motifs is 1. The molecule has 0 spiro atoms. The molecule has 2 saturated carbocycles. The van der Waals surface area contributed by atoms with Crippen LogP contribution < -0.4 is 5.32 Å². The highest BCUT2D eigenvalue weighted by Gasteiger charge is 2.35. The van der Waals surface area contributed by atoms with Gasteiger partial charge in [-0.3, -0.25) is 9.84 Å². The zero-order valence-corrected chi connectivity index (χ0v) is 16.2. The average Bonchev–Trinajstić information content (AvgIpc) is 3.15. The Hall–Kier alpha value is -2.73. The van der Waals surface area contributed by atoms with Crippen molar-refractivity contribution < 1.29 is 27.4 Å². The van der Waals surface area contributed by atoms with Crippen LogP contribution >= 0.6 is 0 Å². The molecule has 0 bridgehead atoms. The fraction of sp³-hybridized carbons (Fsp3) is 0.526. The second-order valence-corrected chi connectivity index (χ2v) is 8.07. The molecule has 3 aromatic heterocycles. The van der Waals surface area contributed by atoms with Crippen LogP contribution in [0.2, 0.25) is 0 Å². The largest absolute Gasteiger partial charge is 0.522 e. The molecule has 0 saturated heterocycles. The summed E-state index contributed by atoms with van der Waals surface area (Å²) in [6, 6.07) is 3.20. The van der Waals surface area contributed by atoms with Crippen molar-refractivity contribution in [1.29, 1.82) is 0 Å². The molecule has 0 unspecified atom stereocenters. The lowest BCUT2D eigenvalue weighted by molar-refractivity contribution is -0.330. The highest BCUT2D eigenvalue weighted by atomic mass is 19.4. The van der Waals surface area contributed by atoms with Crippen molar-refractivity contribution in [2.75, 3.05) is 5.32 Å². The number of aromatic nitrogens is 5. The monoisotopic (exact) mass is 440 g/mol. The number of anilines is 2. The third-order valence-corrected chi connectivity index (χ3v) is 5.64. The Morgan fingerprint density at radius 2 is 2.03 bits per heavy atom. The van der Waals surface area contributed by atoms with Gasteiger partial charge in [0.1, 0.15) is 18.3 Å². The molecule has 2 aliphatic rings. The van der Waals surface area contributed by atoms with E-state index < -0.39 is 25.2 Å². The first-order valence-corrected chi connectivity index (χ1v) is 9.99. The van der Waals surface area contributed by atoms with Crippen molar-refractivity contribution in [1.82, 2.24) is 24.8 Å². The Kier molecular flexibility index (Phi) is 4.85. The Morgan fingerprint density at radius 3 is 2.71 bits per heavy atom. The van der Waals surface area contributed by atoms with Gasteiger partial charge >= 0.3 is 6.36 Å². The number of alkyl halides is 4. The number of nitrogens with zero attached hydrogens (tertiary/aromatic N) is 4. The molecule has 12 heteroatoms. The standard InChI is InChI=1S/C19H20F4N6O2/c20-12-3-10(4-16(12)30)13-6-17(27-26-13)25-18-15-5-11(8-31-19(21,22)23)28-29(15)7-14(24-18)9-1-2-9/h5-7,9-10,12,16,30H,1-4,8H2,(H2,24,25,26,27)/t10-,12+,16-/m0/s1. The van der Waals surface area contributed by atoms with E-state index in [9.17, 15) is 22.7 Å². The van der Waals surface area contributed by atoms with Crippen molar-refractivity contribution in [2.45, 2.75) is 62.8 Å². The minimum atomic E-state index is -4.74. The first-order valence-electron chi connectivity index (χ1n) is 9.99. The lowest BCUT2D eigenvalue weighted by Gasteiger charge is -2.07. The van der Waals surface area contributed by atoms with Gasteiger partial charge in [0.25, 0.3) is 0 Å². The maximum Gasteiger partial charge on any atom is 0.522 e. The molecule has 3 N–H and O–H groups in total. The smallest absolute Gasteiger partial charge is 0.390 e. The van der Waals surface area contributed by atoms with Gasteiger partial charge in [-0.2, -0.15) is 10.2 Å². The Labute approximate surface area is 173 Å². The molecule has 5 rings (SSSR count). The number of ether oxygens (including phenoxy) is 1. The highest BCUT2D eigenvalue weighted by molar-refractivity contribution is 5.72. The summed E-state index contributed by atoms with van der Waals surface area (Å²) in [6.07, 6.45) is -2.76. The van der Waals surface area contributed by atoms with E-state index in [0.29, 0.717) is 35.2 Å². The summed E-state index contributed by atoms with van der Waals surface area (Å²) in [6.45, 7) is -0.704. The molecular weight excluding hydrogens is 420 g/mol. The quantitative estimate of drug-likeness (QED) is 0.506. The number of hydrogen-bond acceptors (Lipinski definition) is 6. The number of aromatic amines is 1. The number of halogens is 4. The van der Waals surface area contributed by atoms with Crippen LogP contribution in [-0.4, -0.2) is 48.5 Å². The molecule has 3 heterocycles. The maximum absolute atomic E-state index is 13.6. The minimum Gasteiger partial charge on any atom is -0.390 e. The van der Waals surface area contributed by atoms with Gasteiger partial charge in [0.2, 0.25) is 0 Å². The molecule has 0 radical (unpaired) electrons. The number of aliphatic hydroxyl groups excluding tert-OH is 1. The molecule has 2 aliphatic carbocycles. The molecule has 3 atom stereocenters. The third kappa shape index (κ3) is 4.35. The molecule has 8 nitrogen and oxygen atoms in total. The van der Waals surface area contributed by atoms with E-state index in [1.54, 1.807) is 12.3 Å². The first-order chi connectivity index (χ1) is 14.7. The van der Waals surface area contributed by atoms with Gasteiger partial charge in [-0.15, -0.1) is 13.2 Å². The van der Waals surface area contributed by atoms with Crippen molar-refractivity contribution in [3.05, 3.63) is 35.4 Å². The second-order valence-electron chi connectivity index (χ2n) is 8.07. The van der Waals surface area contributed by atoms with Gasteiger partial charge < -0.3 is 10.4 Å². The summed E-state index contributed by atoms with van der Waals surface area (Å²) < 4.78 is 56.2. The Bertz CT molecular complexity index is 1080. The molecule has 3 aromatic rings. The van der Waals surface area contributed by atoms with Crippen LogP contribution in [-0.2, 0) is 11.3 Å². The van der Waals surface area contributed by atoms with Crippen LogP contribution in [0.5, 0.6) is 0 Å². The van der Waals surface area contributed by atoms with E-state index in [2.05, 4.69) is 30.3 Å². The first kappa shape index (κ1) is 20.2. The molecule has 31 heavy (non-hydrogen) atoms. The Morgan fingerprint density at radius 1 is 1.23 bits per heavy atom.